The Morgan fingerprint density at radius 2 is 1.46 bits per heavy atom. The first-order chi connectivity index (χ1) is 10.7. The van der Waals surface area contributed by atoms with Gasteiger partial charge in [0.1, 0.15) is 0 Å². The summed E-state index contributed by atoms with van der Waals surface area (Å²) in [5.74, 6) is 0. The van der Waals surface area contributed by atoms with Gasteiger partial charge in [0.2, 0.25) is 0 Å². The average molecular weight is 498 g/mol. The van der Waals surface area contributed by atoms with Gasteiger partial charge < -0.3 is 24.7 Å². The standard InChI is InChI=1S/C13H10N.C4H10N.C3H9Si.CH3.3ClH.Ti/c1-2-5-11-10(4-1)7-8-12(11)13-6-3-9-14-13;1-4(2,3)5;1-4(2)3;;;;;/h1-9,14H;5H,1-3H3;4H,1H2,2-3H3;1H3;3*1H;/q4*-1;;;;+4. The smallest absolute Gasteiger partial charge is 0.673 e. The van der Waals surface area contributed by atoms with Crippen LogP contribution in [0.1, 0.15) is 20.8 Å². The van der Waals surface area contributed by atoms with Crippen LogP contribution in [0.5, 0.6) is 0 Å². The molecule has 7 heteroatoms. The van der Waals surface area contributed by atoms with Crippen molar-refractivity contribution in [3.05, 3.63) is 74.4 Å². The van der Waals surface area contributed by atoms with Crippen molar-refractivity contribution in [3.63, 3.8) is 0 Å². The number of halogens is 3. The Balaban J connectivity index is -0.000000111. The van der Waals surface area contributed by atoms with Gasteiger partial charge in [-0.1, -0.05) is 39.9 Å². The fourth-order valence-corrected chi connectivity index (χ4v) is 1.88. The first-order valence-corrected chi connectivity index (χ1v) is 11.2. The molecule has 0 saturated heterocycles. The van der Waals surface area contributed by atoms with Crippen molar-refractivity contribution < 1.29 is 21.7 Å². The molecule has 0 unspecified atom stereocenters. The van der Waals surface area contributed by atoms with E-state index in [2.05, 4.69) is 67.1 Å². The fraction of sp³-hybridized carbons (Fsp3) is 0.286. The molecule has 0 spiro atoms. The van der Waals surface area contributed by atoms with Gasteiger partial charge in [-0.2, -0.15) is 0 Å². The van der Waals surface area contributed by atoms with E-state index in [0.717, 1.165) is 0 Å². The molecule has 0 saturated carbocycles. The molecular weight excluding hydrogens is 463 g/mol. The molecule has 2 aromatic carbocycles. The van der Waals surface area contributed by atoms with Crippen molar-refractivity contribution in [1.29, 1.82) is 0 Å². The Labute approximate surface area is 207 Å². The summed E-state index contributed by atoms with van der Waals surface area (Å²) in [6.45, 7) is 13.7. The van der Waals surface area contributed by atoms with Crippen LogP contribution in [0.2, 0.25) is 13.1 Å². The van der Waals surface area contributed by atoms with Crippen molar-refractivity contribution >= 4 is 56.8 Å². The molecule has 0 aliphatic heterocycles. The molecule has 28 heavy (non-hydrogen) atoms. The first-order valence-electron chi connectivity index (χ1n) is 8.04. The first kappa shape index (κ1) is 38.5. The average Bonchev–Trinajstić information content (AvgIpc) is 3.04. The predicted molar refractivity (Wildman–Crippen MR) is 136 cm³/mol. The van der Waals surface area contributed by atoms with E-state index in [1.807, 2.05) is 33.0 Å². The normalized spacial score (nSPS) is 8.86. The minimum Gasteiger partial charge on any atom is -0.673 e. The largest absolute Gasteiger partial charge is 4.00 e. The van der Waals surface area contributed by atoms with E-state index in [0.29, 0.717) is 0 Å². The summed E-state index contributed by atoms with van der Waals surface area (Å²) in [6, 6.07) is 16.9. The Morgan fingerprint density at radius 3 is 1.89 bits per heavy atom. The van der Waals surface area contributed by atoms with Crippen LogP contribution >= 0.6 is 37.2 Å². The van der Waals surface area contributed by atoms with Crippen molar-refractivity contribution in [2.24, 2.45) is 0 Å². The maximum atomic E-state index is 6.94. The second-order valence-corrected chi connectivity index (χ2v) is 9.85. The van der Waals surface area contributed by atoms with Crippen molar-refractivity contribution in [2.45, 2.75) is 39.4 Å². The van der Waals surface area contributed by atoms with Crippen LogP contribution in [-0.2, 0) is 21.7 Å². The third-order valence-electron chi connectivity index (χ3n) is 2.57. The van der Waals surface area contributed by atoms with Gasteiger partial charge in [0.15, 0.2) is 0 Å². The van der Waals surface area contributed by atoms with Gasteiger partial charge in [0.25, 0.3) is 0 Å². The van der Waals surface area contributed by atoms with E-state index in [1.165, 1.54) is 22.0 Å². The SMILES string of the molecule is CC(C)(C)[NH-].Cl.Cl.Cl.[CH2-][SiH](C)C.[CH3-].[Ti+4].c1c[nH]c(-c2c[cH-]c3ccccc23)c1. The molecule has 2 N–H and O–H groups in total. The molecule has 1 aromatic heterocycles. The summed E-state index contributed by atoms with van der Waals surface area (Å²) in [7, 11) is -0.389. The van der Waals surface area contributed by atoms with E-state index in [1.54, 1.807) is 0 Å². The van der Waals surface area contributed by atoms with E-state index in [9.17, 15) is 0 Å². The van der Waals surface area contributed by atoms with Gasteiger partial charge >= 0.3 is 21.7 Å². The van der Waals surface area contributed by atoms with Crippen LogP contribution in [-0.4, -0.2) is 19.3 Å². The molecule has 0 amide bonds. The van der Waals surface area contributed by atoms with Crippen LogP contribution in [0.15, 0.2) is 54.7 Å². The molecule has 2 nitrogen and oxygen atoms in total. The van der Waals surface area contributed by atoms with E-state index in [-0.39, 0.29) is 80.7 Å². The van der Waals surface area contributed by atoms with E-state index >= 15 is 0 Å². The van der Waals surface area contributed by atoms with Gasteiger partial charge in [-0.15, -0.1) is 98.2 Å². The molecule has 3 aromatic rings. The summed E-state index contributed by atoms with van der Waals surface area (Å²) >= 11 is 0. The minimum atomic E-state index is -0.389. The second-order valence-electron chi connectivity index (χ2n) is 7.06. The zero-order chi connectivity index (χ0) is 17.5. The molecule has 0 bridgehead atoms. The van der Waals surface area contributed by atoms with Crippen LogP contribution in [0.3, 0.4) is 0 Å². The molecule has 158 valence electrons. The van der Waals surface area contributed by atoms with Crippen LogP contribution in [0, 0.1) is 14.0 Å². The summed E-state index contributed by atoms with van der Waals surface area (Å²) in [4.78, 5) is 3.23. The van der Waals surface area contributed by atoms with Crippen molar-refractivity contribution in [2.75, 3.05) is 0 Å². The molecular formula is C21H35Cl3N2SiTi. The summed E-state index contributed by atoms with van der Waals surface area (Å²) in [6.07, 6.45) is 1.96. The van der Waals surface area contributed by atoms with Crippen LogP contribution in [0.4, 0.5) is 0 Å². The predicted octanol–water partition coefficient (Wildman–Crippen LogP) is 7.95. The molecule has 0 fully saturated rings. The summed E-state index contributed by atoms with van der Waals surface area (Å²) < 4.78 is 0. The molecule has 0 atom stereocenters. The van der Waals surface area contributed by atoms with Crippen molar-refractivity contribution in [1.82, 2.24) is 4.98 Å². The number of hydrogen-bond acceptors (Lipinski definition) is 0. The molecule has 3 rings (SSSR count). The van der Waals surface area contributed by atoms with Gasteiger partial charge in [0.05, 0.1) is 0 Å². The van der Waals surface area contributed by atoms with Gasteiger partial charge in [-0.3, -0.25) is 0 Å². The van der Waals surface area contributed by atoms with E-state index in [4.69, 9.17) is 5.73 Å². The van der Waals surface area contributed by atoms with E-state index < -0.39 is 0 Å². The summed E-state index contributed by atoms with van der Waals surface area (Å²) in [5, 5.41) is 2.62. The number of aromatic amines is 1. The summed E-state index contributed by atoms with van der Waals surface area (Å²) in [5.41, 5.74) is 9.16. The number of hydrogen-bond donors (Lipinski definition) is 1. The van der Waals surface area contributed by atoms with Gasteiger partial charge in [-0.25, -0.2) is 0 Å². The van der Waals surface area contributed by atoms with Crippen LogP contribution < -0.4 is 0 Å². The Bertz CT molecular complexity index is 684. The van der Waals surface area contributed by atoms with Crippen LogP contribution in [0.25, 0.3) is 27.8 Å². The number of rotatable bonds is 1. The maximum absolute atomic E-state index is 6.94. The molecule has 0 aliphatic rings. The Kier molecular flexibility index (Phi) is 25.9. The zero-order valence-corrected chi connectivity index (χ0v) is 22.9. The number of aromatic nitrogens is 1. The molecule has 1 heterocycles. The number of nitrogens with one attached hydrogen (secondary N) is 2. The third-order valence-corrected chi connectivity index (χ3v) is 2.57. The zero-order valence-electron chi connectivity index (χ0n) is 17.7. The molecule has 0 radical (unpaired) electrons. The fourth-order valence-electron chi connectivity index (χ4n) is 1.88. The maximum Gasteiger partial charge on any atom is 4.00 e. The number of fused-ring (bicyclic) bond motifs is 1. The topological polar surface area (TPSA) is 39.6 Å². The molecule has 0 aliphatic carbocycles. The van der Waals surface area contributed by atoms with Gasteiger partial charge in [0, 0.05) is 6.20 Å². The number of H-pyrrole nitrogens is 1. The quantitative estimate of drug-likeness (QED) is 0.262. The Hall–Kier alpha value is -0.129. The third kappa shape index (κ3) is 16.8. The van der Waals surface area contributed by atoms with Gasteiger partial charge in [-0.05, 0) is 17.8 Å². The second kappa shape index (κ2) is 18.9. The van der Waals surface area contributed by atoms with Crippen molar-refractivity contribution in [3.8, 4) is 11.3 Å². The number of benzene rings is 1. The Morgan fingerprint density at radius 1 is 1.00 bits per heavy atom. The monoisotopic (exact) mass is 496 g/mol. The minimum absolute atomic E-state index is 0.